The third-order valence-corrected chi connectivity index (χ3v) is 5.30. The summed E-state index contributed by atoms with van der Waals surface area (Å²) in [6.45, 7) is 0.397. The van der Waals surface area contributed by atoms with Crippen molar-refractivity contribution in [1.82, 2.24) is 10.0 Å². The van der Waals surface area contributed by atoms with E-state index in [9.17, 15) is 17.6 Å². The Morgan fingerprint density at radius 2 is 1.88 bits per heavy atom. The number of sulfonamides is 1. The molecule has 1 aromatic carbocycles. The van der Waals surface area contributed by atoms with Crippen molar-refractivity contribution in [3.05, 3.63) is 47.3 Å². The SMILES string of the molecule is O=C(NCCS(=O)(=O)NCCC1=CCCCC1)c1ccc(F)cc1. The van der Waals surface area contributed by atoms with Gasteiger partial charge in [0.15, 0.2) is 0 Å². The van der Waals surface area contributed by atoms with Crippen LogP contribution >= 0.6 is 0 Å². The maximum atomic E-state index is 12.8. The first-order valence-electron chi connectivity index (χ1n) is 8.15. The first kappa shape index (κ1) is 18.6. The Labute approximate surface area is 142 Å². The molecule has 1 aliphatic carbocycles. The minimum atomic E-state index is -3.42. The molecule has 0 heterocycles. The van der Waals surface area contributed by atoms with Gasteiger partial charge in [-0.2, -0.15) is 0 Å². The number of allylic oxidation sites excluding steroid dienone is 1. The number of nitrogens with one attached hydrogen (secondary N) is 2. The van der Waals surface area contributed by atoms with E-state index in [1.165, 1.54) is 42.7 Å². The zero-order chi connectivity index (χ0) is 17.4. The molecule has 0 radical (unpaired) electrons. The van der Waals surface area contributed by atoms with Crippen LogP contribution in [0.15, 0.2) is 35.9 Å². The molecular weight excluding hydrogens is 331 g/mol. The van der Waals surface area contributed by atoms with Crippen molar-refractivity contribution < 1.29 is 17.6 Å². The number of carbonyl (C=O) groups excluding carboxylic acids is 1. The molecular formula is C17H23FN2O3S. The molecule has 0 aliphatic heterocycles. The first-order chi connectivity index (χ1) is 11.5. The molecule has 7 heteroatoms. The quantitative estimate of drug-likeness (QED) is 0.704. The van der Waals surface area contributed by atoms with E-state index in [1.54, 1.807) is 0 Å². The van der Waals surface area contributed by atoms with E-state index in [2.05, 4.69) is 16.1 Å². The Morgan fingerprint density at radius 3 is 2.54 bits per heavy atom. The van der Waals surface area contributed by atoms with Gasteiger partial charge in [-0.15, -0.1) is 0 Å². The zero-order valence-electron chi connectivity index (χ0n) is 13.6. The molecule has 0 unspecified atom stereocenters. The predicted octanol–water partition coefficient (Wildman–Crippen LogP) is 2.37. The molecule has 1 aromatic rings. The molecule has 1 aliphatic rings. The lowest BCUT2D eigenvalue weighted by atomic mass is 9.97. The molecule has 24 heavy (non-hydrogen) atoms. The lowest BCUT2D eigenvalue weighted by Gasteiger charge is -2.13. The van der Waals surface area contributed by atoms with Crippen LogP contribution in [0.25, 0.3) is 0 Å². The second kappa shape index (κ2) is 8.94. The van der Waals surface area contributed by atoms with E-state index < -0.39 is 21.7 Å². The number of hydrogen-bond acceptors (Lipinski definition) is 3. The van der Waals surface area contributed by atoms with Crippen LogP contribution in [0.1, 0.15) is 42.5 Å². The molecule has 2 rings (SSSR count). The maximum absolute atomic E-state index is 12.8. The summed E-state index contributed by atoms with van der Waals surface area (Å²) in [6, 6.07) is 5.09. The van der Waals surface area contributed by atoms with Crippen molar-refractivity contribution >= 4 is 15.9 Å². The summed E-state index contributed by atoms with van der Waals surface area (Å²) in [5.41, 5.74) is 1.61. The first-order valence-corrected chi connectivity index (χ1v) is 9.80. The Bertz CT molecular complexity index is 684. The van der Waals surface area contributed by atoms with Crippen LogP contribution < -0.4 is 10.0 Å². The number of halogens is 1. The summed E-state index contributed by atoms with van der Waals surface area (Å²) in [4.78, 5) is 11.8. The van der Waals surface area contributed by atoms with Crippen molar-refractivity contribution in [1.29, 1.82) is 0 Å². The van der Waals surface area contributed by atoms with Gasteiger partial charge in [-0.1, -0.05) is 11.6 Å². The van der Waals surface area contributed by atoms with Crippen molar-refractivity contribution in [2.75, 3.05) is 18.8 Å². The standard InChI is InChI=1S/C17H23FN2O3S/c18-16-8-6-15(7-9-16)17(21)19-12-13-24(22,23)20-11-10-14-4-2-1-3-5-14/h4,6-9,20H,1-3,5,10-13H2,(H,19,21). The van der Waals surface area contributed by atoms with Crippen LogP contribution in [0.3, 0.4) is 0 Å². The summed E-state index contributed by atoms with van der Waals surface area (Å²) in [7, 11) is -3.42. The molecule has 0 atom stereocenters. The summed E-state index contributed by atoms with van der Waals surface area (Å²) < 4.78 is 39.2. The fourth-order valence-corrected chi connectivity index (χ4v) is 3.50. The fraction of sp³-hybridized carbons (Fsp3) is 0.471. The molecule has 0 saturated carbocycles. The third-order valence-electron chi connectivity index (χ3n) is 3.92. The van der Waals surface area contributed by atoms with Gasteiger partial charge >= 0.3 is 0 Å². The topological polar surface area (TPSA) is 75.3 Å². The fourth-order valence-electron chi connectivity index (χ4n) is 2.57. The number of hydrogen-bond donors (Lipinski definition) is 2. The molecule has 132 valence electrons. The largest absolute Gasteiger partial charge is 0.351 e. The lowest BCUT2D eigenvalue weighted by Crippen LogP contribution is -2.35. The Balaban J connectivity index is 1.69. The van der Waals surface area contributed by atoms with Crippen molar-refractivity contribution in [3.8, 4) is 0 Å². The molecule has 0 bridgehead atoms. The highest BCUT2D eigenvalue weighted by Crippen LogP contribution is 2.19. The van der Waals surface area contributed by atoms with Crippen LogP contribution in [0.2, 0.25) is 0 Å². The molecule has 0 saturated heterocycles. The van der Waals surface area contributed by atoms with Crippen molar-refractivity contribution in [3.63, 3.8) is 0 Å². The molecule has 1 amide bonds. The second-order valence-electron chi connectivity index (χ2n) is 5.83. The van der Waals surface area contributed by atoms with Crippen molar-refractivity contribution in [2.45, 2.75) is 32.1 Å². The lowest BCUT2D eigenvalue weighted by molar-refractivity contribution is 0.0956. The average Bonchev–Trinajstić information content (AvgIpc) is 2.56. The van der Waals surface area contributed by atoms with Gasteiger partial charge < -0.3 is 5.32 Å². The van der Waals surface area contributed by atoms with Gasteiger partial charge in [0.1, 0.15) is 5.82 Å². The van der Waals surface area contributed by atoms with Gasteiger partial charge in [-0.3, -0.25) is 4.79 Å². The number of amides is 1. The van der Waals surface area contributed by atoms with E-state index >= 15 is 0 Å². The highest BCUT2D eigenvalue weighted by Gasteiger charge is 2.12. The van der Waals surface area contributed by atoms with Crippen LogP contribution in [0, 0.1) is 5.82 Å². The van der Waals surface area contributed by atoms with Crippen LogP contribution in [0.4, 0.5) is 4.39 Å². The monoisotopic (exact) mass is 354 g/mol. The Hall–Kier alpha value is -1.73. The van der Waals surface area contributed by atoms with Gasteiger partial charge in [0.2, 0.25) is 10.0 Å². The maximum Gasteiger partial charge on any atom is 0.251 e. The van der Waals surface area contributed by atoms with E-state index in [0.717, 1.165) is 19.3 Å². The van der Waals surface area contributed by atoms with Gasteiger partial charge in [0.25, 0.3) is 5.91 Å². The normalized spacial score (nSPS) is 15.0. The summed E-state index contributed by atoms with van der Waals surface area (Å²) >= 11 is 0. The van der Waals surface area contributed by atoms with E-state index in [1.807, 2.05) is 0 Å². The molecule has 0 fully saturated rings. The van der Waals surface area contributed by atoms with E-state index in [4.69, 9.17) is 0 Å². The van der Waals surface area contributed by atoms with E-state index in [-0.39, 0.29) is 12.3 Å². The number of benzene rings is 1. The van der Waals surface area contributed by atoms with E-state index in [0.29, 0.717) is 12.1 Å². The van der Waals surface area contributed by atoms with Gasteiger partial charge in [-0.25, -0.2) is 17.5 Å². The van der Waals surface area contributed by atoms with Crippen LogP contribution in [-0.4, -0.2) is 33.2 Å². The zero-order valence-corrected chi connectivity index (χ0v) is 14.4. The Morgan fingerprint density at radius 1 is 1.12 bits per heavy atom. The summed E-state index contributed by atoms with van der Waals surface area (Å²) in [5.74, 6) is -1.03. The van der Waals surface area contributed by atoms with Gasteiger partial charge in [0, 0.05) is 18.7 Å². The summed E-state index contributed by atoms with van der Waals surface area (Å²) in [5, 5.41) is 2.52. The smallest absolute Gasteiger partial charge is 0.251 e. The molecule has 2 N–H and O–H groups in total. The molecule has 0 spiro atoms. The summed E-state index contributed by atoms with van der Waals surface area (Å²) in [6.07, 6.45) is 7.45. The van der Waals surface area contributed by atoms with Gasteiger partial charge in [0.05, 0.1) is 5.75 Å². The molecule has 0 aromatic heterocycles. The highest BCUT2D eigenvalue weighted by atomic mass is 32.2. The predicted molar refractivity (Wildman–Crippen MR) is 91.7 cm³/mol. The number of rotatable bonds is 8. The highest BCUT2D eigenvalue weighted by molar-refractivity contribution is 7.89. The van der Waals surface area contributed by atoms with Gasteiger partial charge in [-0.05, 0) is 56.4 Å². The minimum Gasteiger partial charge on any atom is -0.351 e. The van der Waals surface area contributed by atoms with Crippen LogP contribution in [0.5, 0.6) is 0 Å². The minimum absolute atomic E-state index is 0.00817. The van der Waals surface area contributed by atoms with Crippen molar-refractivity contribution in [2.24, 2.45) is 0 Å². The second-order valence-corrected chi connectivity index (χ2v) is 7.76. The number of carbonyl (C=O) groups is 1. The third kappa shape index (κ3) is 6.41. The Kier molecular flexibility index (Phi) is 6.93. The molecule has 5 nitrogen and oxygen atoms in total. The average molecular weight is 354 g/mol. The van der Waals surface area contributed by atoms with Crippen LogP contribution in [-0.2, 0) is 10.0 Å².